The molecule has 0 bridgehead atoms. The van der Waals surface area contributed by atoms with E-state index in [-0.39, 0.29) is 13.2 Å². The van der Waals surface area contributed by atoms with E-state index in [9.17, 15) is 14.7 Å². The van der Waals surface area contributed by atoms with Gasteiger partial charge in [-0.3, -0.25) is 13.9 Å². The molecular weight excluding hydrogens is 396 g/mol. The maximum atomic E-state index is 13.4. The second-order valence-corrected chi connectivity index (χ2v) is 7.42. The quantitative estimate of drug-likeness (QED) is 0.690. The lowest BCUT2D eigenvalue weighted by Crippen LogP contribution is -2.40. The lowest BCUT2D eigenvalue weighted by molar-refractivity contribution is 0.277. The highest BCUT2D eigenvalue weighted by Gasteiger charge is 2.23. The van der Waals surface area contributed by atoms with Crippen LogP contribution in [0.3, 0.4) is 0 Å². The Morgan fingerprint density at radius 2 is 2.06 bits per heavy atom. The number of fused-ring (bicyclic) bond motifs is 1. The molecule has 2 aliphatic carbocycles. The molecule has 4 rings (SSSR count). The van der Waals surface area contributed by atoms with Crippen LogP contribution in [-0.4, -0.2) is 37.5 Å². The van der Waals surface area contributed by atoms with Crippen LogP contribution < -0.4 is 11.2 Å². The maximum absolute atomic E-state index is 13.4. The van der Waals surface area contributed by atoms with Gasteiger partial charge in [0.15, 0.2) is 11.2 Å². The fraction of sp³-hybridized carbons (Fsp3) is 0.348. The Balaban J connectivity index is 1.99. The van der Waals surface area contributed by atoms with Gasteiger partial charge < -0.3 is 14.4 Å². The average molecular weight is 420 g/mol. The molecule has 2 aromatic heterocycles. The highest BCUT2D eigenvalue weighted by molar-refractivity contribution is 5.77. The number of methoxy groups -OCH3 is 1. The van der Waals surface area contributed by atoms with Crippen LogP contribution >= 0.6 is 0 Å². The number of aromatic nitrogens is 4. The van der Waals surface area contributed by atoms with Crippen molar-refractivity contribution in [3.63, 3.8) is 0 Å². The molecule has 0 aliphatic heterocycles. The zero-order chi connectivity index (χ0) is 22.0. The van der Waals surface area contributed by atoms with Gasteiger partial charge in [0.05, 0.1) is 19.4 Å². The number of hydrogen-bond donors (Lipinski definition) is 1. The Labute approximate surface area is 178 Å². The Kier molecular flexibility index (Phi) is 5.78. The van der Waals surface area contributed by atoms with Gasteiger partial charge in [-0.05, 0) is 36.6 Å². The number of aliphatic hydroxyl groups is 1. The largest absolute Gasteiger partial charge is 0.501 e. The summed E-state index contributed by atoms with van der Waals surface area (Å²) in [6.45, 7) is 0.412. The second-order valence-electron chi connectivity index (χ2n) is 7.42. The van der Waals surface area contributed by atoms with Gasteiger partial charge in [0.1, 0.15) is 5.82 Å². The normalized spacial score (nSPS) is 15.3. The number of nitrogens with zero attached hydrogens (tertiary/aromatic N) is 4. The molecule has 0 unspecified atom stereocenters. The van der Waals surface area contributed by atoms with Gasteiger partial charge in [0.2, 0.25) is 0 Å². The van der Waals surface area contributed by atoms with Gasteiger partial charge in [-0.25, -0.2) is 9.78 Å². The van der Waals surface area contributed by atoms with Crippen molar-refractivity contribution in [1.29, 1.82) is 0 Å². The van der Waals surface area contributed by atoms with Crippen molar-refractivity contribution < 1.29 is 9.84 Å². The molecule has 8 nitrogen and oxygen atoms in total. The molecule has 1 N–H and O–H groups in total. The van der Waals surface area contributed by atoms with Crippen molar-refractivity contribution in [3.05, 3.63) is 79.8 Å². The molecule has 0 saturated heterocycles. The molecule has 0 fully saturated rings. The summed E-state index contributed by atoms with van der Waals surface area (Å²) >= 11 is 0. The van der Waals surface area contributed by atoms with Crippen LogP contribution in [0.5, 0.6) is 0 Å². The predicted molar refractivity (Wildman–Crippen MR) is 117 cm³/mol. The van der Waals surface area contributed by atoms with E-state index in [0.717, 1.165) is 23.3 Å². The number of ether oxygens (including phenoxy) is 1. The highest BCUT2D eigenvalue weighted by Crippen LogP contribution is 2.29. The first-order chi connectivity index (χ1) is 15.0. The summed E-state index contributed by atoms with van der Waals surface area (Å²) in [7, 11) is 3.26. The van der Waals surface area contributed by atoms with Gasteiger partial charge in [0, 0.05) is 32.2 Å². The van der Waals surface area contributed by atoms with E-state index in [1.807, 2.05) is 28.9 Å². The Morgan fingerprint density at radius 3 is 2.71 bits per heavy atom. The second kappa shape index (κ2) is 8.66. The van der Waals surface area contributed by atoms with Crippen molar-refractivity contribution in [1.82, 2.24) is 18.7 Å². The Morgan fingerprint density at radius 1 is 1.23 bits per heavy atom. The van der Waals surface area contributed by atoms with Crippen LogP contribution in [0.15, 0.2) is 62.8 Å². The molecular formula is C23H24N4O4. The molecule has 0 aromatic carbocycles. The number of allylic oxidation sites excluding steroid dienone is 8. The number of rotatable bonds is 7. The summed E-state index contributed by atoms with van der Waals surface area (Å²) in [4.78, 5) is 30.9. The van der Waals surface area contributed by atoms with Crippen molar-refractivity contribution in [2.75, 3.05) is 13.7 Å². The van der Waals surface area contributed by atoms with Gasteiger partial charge in [-0.2, -0.15) is 0 Å². The van der Waals surface area contributed by atoms with Crippen LogP contribution in [-0.2, 0) is 24.9 Å². The number of aliphatic hydroxyl groups excluding tert-OH is 1. The van der Waals surface area contributed by atoms with Crippen LogP contribution in [0.2, 0.25) is 0 Å². The minimum absolute atomic E-state index is 0.103. The van der Waals surface area contributed by atoms with Crippen LogP contribution in [0.4, 0.5) is 0 Å². The molecule has 2 aromatic rings. The van der Waals surface area contributed by atoms with Crippen molar-refractivity contribution in [2.24, 2.45) is 7.05 Å². The zero-order valence-electron chi connectivity index (χ0n) is 17.6. The summed E-state index contributed by atoms with van der Waals surface area (Å²) in [6, 6.07) is 0. The number of hydrogen-bond acceptors (Lipinski definition) is 5. The molecule has 160 valence electrons. The minimum atomic E-state index is -0.444. The fourth-order valence-electron chi connectivity index (χ4n) is 3.82. The van der Waals surface area contributed by atoms with E-state index in [1.165, 1.54) is 9.13 Å². The third-order valence-electron chi connectivity index (χ3n) is 5.47. The van der Waals surface area contributed by atoms with Gasteiger partial charge in [-0.1, -0.05) is 23.6 Å². The maximum Gasteiger partial charge on any atom is 0.332 e. The highest BCUT2D eigenvalue weighted by atomic mass is 16.5. The van der Waals surface area contributed by atoms with Gasteiger partial charge >= 0.3 is 5.69 Å². The first-order valence-electron chi connectivity index (χ1n) is 10.2. The van der Waals surface area contributed by atoms with E-state index in [1.54, 1.807) is 20.2 Å². The standard InChI is InChI=1S/C23H24N4O4/c1-25-21-19(22(29)26(23(25)30)13-6-14-28)27(15-16-7-4-3-5-8-16)20(24-21)17-9-11-18(31-2)12-10-17/h3-4,7,9,11,28H,6,10,12-15H2,1-2H3. The zero-order valence-corrected chi connectivity index (χ0v) is 17.6. The minimum Gasteiger partial charge on any atom is -0.501 e. The third-order valence-corrected chi connectivity index (χ3v) is 5.47. The monoisotopic (exact) mass is 420 g/mol. The van der Waals surface area contributed by atoms with Crippen molar-refractivity contribution in [3.8, 4) is 0 Å². The van der Waals surface area contributed by atoms with Gasteiger partial charge in [0.25, 0.3) is 5.56 Å². The predicted octanol–water partition coefficient (Wildman–Crippen LogP) is 1.79. The summed E-state index contributed by atoms with van der Waals surface area (Å²) in [5.74, 6) is 1.53. The smallest absolute Gasteiger partial charge is 0.332 e. The van der Waals surface area contributed by atoms with Crippen molar-refractivity contribution in [2.45, 2.75) is 32.4 Å². The molecule has 0 saturated carbocycles. The van der Waals surface area contributed by atoms with Gasteiger partial charge in [-0.15, -0.1) is 0 Å². The summed E-state index contributed by atoms with van der Waals surface area (Å²) in [6.07, 6.45) is 11.2. The summed E-state index contributed by atoms with van der Waals surface area (Å²) in [5.41, 5.74) is 7.68. The fourth-order valence-corrected chi connectivity index (χ4v) is 3.82. The van der Waals surface area contributed by atoms with E-state index in [4.69, 9.17) is 9.72 Å². The van der Waals surface area contributed by atoms with Crippen LogP contribution in [0.25, 0.3) is 16.7 Å². The number of aryl methyl sites for hydroxylation is 1. The Bertz CT molecular complexity index is 1350. The molecule has 8 heteroatoms. The molecule has 0 amide bonds. The third kappa shape index (κ3) is 3.80. The van der Waals surface area contributed by atoms with E-state index in [2.05, 4.69) is 11.5 Å². The van der Waals surface area contributed by atoms with Crippen LogP contribution in [0.1, 0.15) is 25.1 Å². The summed E-state index contributed by atoms with van der Waals surface area (Å²) in [5, 5.41) is 9.18. The molecule has 0 spiro atoms. The van der Waals surface area contributed by atoms with E-state index in [0.29, 0.717) is 36.4 Å². The first-order valence-corrected chi connectivity index (χ1v) is 10.2. The van der Waals surface area contributed by atoms with E-state index < -0.39 is 11.2 Å². The van der Waals surface area contributed by atoms with Crippen LogP contribution in [0, 0.1) is 0 Å². The summed E-state index contributed by atoms with van der Waals surface area (Å²) < 4.78 is 9.74. The lowest BCUT2D eigenvalue weighted by Gasteiger charge is -2.15. The topological polar surface area (TPSA) is 91.3 Å². The molecule has 2 heterocycles. The van der Waals surface area contributed by atoms with E-state index >= 15 is 0 Å². The molecule has 0 radical (unpaired) electrons. The molecule has 0 atom stereocenters. The molecule has 2 aliphatic rings. The first kappa shape index (κ1) is 20.7. The average Bonchev–Trinajstić information content (AvgIpc) is 3.18. The Hall–Kier alpha value is -3.57. The molecule has 31 heavy (non-hydrogen) atoms. The lowest BCUT2D eigenvalue weighted by atomic mass is 10.0. The van der Waals surface area contributed by atoms with Crippen molar-refractivity contribution >= 4 is 16.7 Å². The SMILES string of the molecule is COC1=CC=C(c2nc3c(c(=O)n(CCCO)c(=O)n3C)n2CC2=C=C=CC=C2)CC1. The number of imidazole rings is 1.